The molecule has 154 valence electrons. The molecule has 3 aromatic rings. The van der Waals surface area contributed by atoms with Crippen LogP contribution in [-0.4, -0.2) is 36.1 Å². The number of alkyl halides is 3. The molecule has 1 fully saturated rings. The first kappa shape index (κ1) is 18.3. The standard InChI is InChI=1S/C18H20F3N7O/c19-18(20,21)10-9-23-17(22)24-14(10)15-13-11-5-1-3-7-27(11)26-16(13)28(25-15)12-6-2-4-8-29-12/h9,12H,1-8H2,(H2,22,23,24). The van der Waals surface area contributed by atoms with Gasteiger partial charge in [0.15, 0.2) is 11.9 Å². The van der Waals surface area contributed by atoms with Gasteiger partial charge in [0, 0.05) is 19.3 Å². The summed E-state index contributed by atoms with van der Waals surface area (Å²) in [6, 6.07) is 0. The fraction of sp³-hybridized carbons (Fsp3) is 0.556. The Morgan fingerprint density at radius 1 is 1.10 bits per heavy atom. The van der Waals surface area contributed by atoms with Crippen molar-refractivity contribution >= 4 is 17.0 Å². The second kappa shape index (κ2) is 6.68. The number of hydrogen-bond donors (Lipinski definition) is 1. The first-order valence-electron chi connectivity index (χ1n) is 9.73. The van der Waals surface area contributed by atoms with Gasteiger partial charge >= 0.3 is 6.18 Å². The molecule has 2 N–H and O–H groups in total. The lowest BCUT2D eigenvalue weighted by molar-refractivity contribution is -0.137. The van der Waals surface area contributed by atoms with Gasteiger partial charge in [-0.25, -0.2) is 14.6 Å². The maximum absolute atomic E-state index is 13.7. The second-order valence-corrected chi connectivity index (χ2v) is 7.43. The van der Waals surface area contributed by atoms with E-state index in [1.165, 1.54) is 0 Å². The van der Waals surface area contributed by atoms with Crippen LogP contribution in [-0.2, 0) is 23.9 Å². The molecule has 11 heteroatoms. The molecule has 0 spiro atoms. The van der Waals surface area contributed by atoms with Crippen molar-refractivity contribution in [2.24, 2.45) is 0 Å². The normalized spacial score (nSPS) is 20.2. The molecule has 29 heavy (non-hydrogen) atoms. The van der Waals surface area contributed by atoms with E-state index in [0.717, 1.165) is 57.0 Å². The van der Waals surface area contributed by atoms with Crippen LogP contribution in [0.2, 0.25) is 0 Å². The Balaban J connectivity index is 1.78. The molecule has 5 rings (SSSR count). The third-order valence-electron chi connectivity index (χ3n) is 5.50. The Morgan fingerprint density at radius 2 is 1.97 bits per heavy atom. The largest absolute Gasteiger partial charge is 0.420 e. The zero-order valence-electron chi connectivity index (χ0n) is 15.6. The monoisotopic (exact) mass is 407 g/mol. The van der Waals surface area contributed by atoms with Gasteiger partial charge in [0.05, 0.1) is 11.1 Å². The van der Waals surface area contributed by atoms with Crippen molar-refractivity contribution in [1.82, 2.24) is 29.5 Å². The van der Waals surface area contributed by atoms with E-state index in [-0.39, 0.29) is 23.6 Å². The molecule has 0 radical (unpaired) electrons. The topological polar surface area (TPSA) is 96.7 Å². The number of ether oxygens (including phenoxy) is 1. The second-order valence-electron chi connectivity index (χ2n) is 7.43. The molecule has 0 amide bonds. The third kappa shape index (κ3) is 3.04. The van der Waals surface area contributed by atoms with Gasteiger partial charge < -0.3 is 10.5 Å². The van der Waals surface area contributed by atoms with Crippen molar-refractivity contribution in [2.45, 2.75) is 57.5 Å². The lowest BCUT2D eigenvalue weighted by Crippen LogP contribution is -2.20. The maximum atomic E-state index is 13.7. The minimum Gasteiger partial charge on any atom is -0.368 e. The molecule has 8 nitrogen and oxygen atoms in total. The van der Waals surface area contributed by atoms with Crippen molar-refractivity contribution in [3.05, 3.63) is 17.5 Å². The molecular formula is C18H20F3N7O. The molecule has 3 aromatic heterocycles. The molecular weight excluding hydrogens is 387 g/mol. The molecule has 2 aliphatic heterocycles. The predicted octanol–water partition coefficient (Wildman–Crippen LogP) is 3.33. The third-order valence-corrected chi connectivity index (χ3v) is 5.50. The van der Waals surface area contributed by atoms with E-state index >= 15 is 0 Å². The Morgan fingerprint density at radius 3 is 2.72 bits per heavy atom. The minimum absolute atomic E-state index is 0.138. The van der Waals surface area contributed by atoms with E-state index in [1.54, 1.807) is 4.68 Å². The predicted molar refractivity (Wildman–Crippen MR) is 97.7 cm³/mol. The summed E-state index contributed by atoms with van der Waals surface area (Å²) in [5, 5.41) is 9.81. The summed E-state index contributed by atoms with van der Waals surface area (Å²) in [6.07, 6.45) is 1.03. The number of hydrogen-bond acceptors (Lipinski definition) is 6. The highest BCUT2D eigenvalue weighted by molar-refractivity contribution is 5.93. The van der Waals surface area contributed by atoms with Crippen LogP contribution in [0, 0.1) is 0 Å². The molecule has 5 heterocycles. The van der Waals surface area contributed by atoms with E-state index < -0.39 is 11.7 Å². The van der Waals surface area contributed by atoms with Gasteiger partial charge in [-0.15, -0.1) is 0 Å². The SMILES string of the molecule is Nc1ncc(C(F)(F)F)c(-c2nn(C3CCCCO3)c3nn4c(c23)CCCC4)n1. The van der Waals surface area contributed by atoms with Gasteiger partial charge in [0.1, 0.15) is 17.0 Å². The summed E-state index contributed by atoms with van der Waals surface area (Å²) in [7, 11) is 0. The van der Waals surface area contributed by atoms with Crippen molar-refractivity contribution in [2.75, 3.05) is 12.3 Å². The maximum Gasteiger partial charge on any atom is 0.420 e. The van der Waals surface area contributed by atoms with Gasteiger partial charge in [-0.1, -0.05) is 0 Å². The van der Waals surface area contributed by atoms with Crippen molar-refractivity contribution in [3.63, 3.8) is 0 Å². The summed E-state index contributed by atoms with van der Waals surface area (Å²) in [6.45, 7) is 1.32. The van der Waals surface area contributed by atoms with Gasteiger partial charge in [-0.3, -0.25) is 4.68 Å². The summed E-state index contributed by atoms with van der Waals surface area (Å²) in [5.41, 5.74) is 5.93. The van der Waals surface area contributed by atoms with Crippen LogP contribution >= 0.6 is 0 Å². The summed E-state index contributed by atoms with van der Waals surface area (Å²) in [4.78, 5) is 7.49. The van der Waals surface area contributed by atoms with Crippen LogP contribution in [0.1, 0.15) is 49.6 Å². The number of nitrogen functional groups attached to an aromatic ring is 1. The first-order valence-corrected chi connectivity index (χ1v) is 9.73. The number of nitrogens with two attached hydrogens (primary N) is 1. The van der Waals surface area contributed by atoms with E-state index in [2.05, 4.69) is 20.2 Å². The Labute approximate surface area is 163 Å². The van der Waals surface area contributed by atoms with E-state index in [0.29, 0.717) is 17.6 Å². The number of aromatic nitrogens is 6. The first-order chi connectivity index (χ1) is 13.9. The van der Waals surface area contributed by atoms with Crippen LogP contribution in [0.15, 0.2) is 6.20 Å². The molecule has 2 aliphatic rings. The highest BCUT2D eigenvalue weighted by Crippen LogP contribution is 2.40. The number of aryl methyl sites for hydroxylation is 2. The van der Waals surface area contributed by atoms with Crippen molar-refractivity contribution in [3.8, 4) is 11.4 Å². The average Bonchev–Trinajstić information content (AvgIpc) is 3.25. The van der Waals surface area contributed by atoms with Gasteiger partial charge in [-0.2, -0.15) is 23.4 Å². The van der Waals surface area contributed by atoms with E-state index in [1.807, 2.05) is 4.68 Å². The Bertz CT molecular complexity index is 1070. The lowest BCUT2D eigenvalue weighted by atomic mass is 10.0. The number of halogens is 3. The molecule has 1 unspecified atom stereocenters. The van der Waals surface area contributed by atoms with Crippen LogP contribution in [0.3, 0.4) is 0 Å². The zero-order valence-corrected chi connectivity index (χ0v) is 15.6. The summed E-state index contributed by atoms with van der Waals surface area (Å²) < 4.78 is 50.4. The molecule has 0 bridgehead atoms. The van der Waals surface area contributed by atoms with Crippen LogP contribution in [0.25, 0.3) is 22.4 Å². The molecule has 1 saturated heterocycles. The lowest BCUT2D eigenvalue weighted by Gasteiger charge is -2.22. The highest BCUT2D eigenvalue weighted by Gasteiger charge is 2.38. The summed E-state index contributed by atoms with van der Waals surface area (Å²) >= 11 is 0. The van der Waals surface area contributed by atoms with Crippen molar-refractivity contribution < 1.29 is 17.9 Å². The average molecular weight is 407 g/mol. The zero-order chi connectivity index (χ0) is 20.2. The van der Waals surface area contributed by atoms with Crippen LogP contribution in [0.4, 0.5) is 19.1 Å². The number of fused-ring (bicyclic) bond motifs is 3. The molecule has 0 aromatic carbocycles. The highest BCUT2D eigenvalue weighted by atomic mass is 19.4. The smallest absolute Gasteiger partial charge is 0.368 e. The van der Waals surface area contributed by atoms with Crippen LogP contribution < -0.4 is 5.73 Å². The van der Waals surface area contributed by atoms with E-state index in [4.69, 9.17) is 10.5 Å². The molecule has 1 atom stereocenters. The summed E-state index contributed by atoms with van der Waals surface area (Å²) in [5.74, 6) is -0.231. The van der Waals surface area contributed by atoms with Crippen LogP contribution in [0.5, 0.6) is 0 Å². The molecule has 0 saturated carbocycles. The number of nitrogens with zero attached hydrogens (tertiary/aromatic N) is 6. The van der Waals surface area contributed by atoms with Crippen molar-refractivity contribution in [1.29, 1.82) is 0 Å². The van der Waals surface area contributed by atoms with E-state index in [9.17, 15) is 13.2 Å². The van der Waals surface area contributed by atoms with Gasteiger partial charge in [-0.05, 0) is 38.5 Å². The van der Waals surface area contributed by atoms with Gasteiger partial charge in [0.25, 0.3) is 0 Å². The fourth-order valence-electron chi connectivity index (χ4n) is 4.15. The fourth-order valence-corrected chi connectivity index (χ4v) is 4.15. The quantitative estimate of drug-likeness (QED) is 0.700. The van der Waals surface area contributed by atoms with Gasteiger partial charge in [0.2, 0.25) is 5.95 Å². The Kier molecular flexibility index (Phi) is 4.23. The number of anilines is 1. The minimum atomic E-state index is -4.63. The Hall–Kier alpha value is -2.69. The number of rotatable bonds is 2. The molecule has 0 aliphatic carbocycles.